The fraction of sp³-hybridized carbons (Fsp3) is 0.286. The van der Waals surface area contributed by atoms with Crippen molar-refractivity contribution in [2.45, 2.75) is 20.3 Å². The zero-order valence-corrected chi connectivity index (χ0v) is 13.1. The molecule has 0 spiro atoms. The van der Waals surface area contributed by atoms with Gasteiger partial charge in [0, 0.05) is 5.41 Å². The molecular formula is C14H12Cl4. The highest BCUT2D eigenvalue weighted by atomic mass is 35.5. The van der Waals surface area contributed by atoms with Crippen LogP contribution in [-0.4, -0.2) is 0 Å². The van der Waals surface area contributed by atoms with Crippen LogP contribution in [0.4, 0.5) is 0 Å². The van der Waals surface area contributed by atoms with Crippen molar-refractivity contribution >= 4 is 46.4 Å². The average Bonchev–Trinajstić information content (AvgIpc) is 2.77. The van der Waals surface area contributed by atoms with Crippen molar-refractivity contribution < 1.29 is 0 Å². The van der Waals surface area contributed by atoms with Gasteiger partial charge in [-0.2, -0.15) is 0 Å². The van der Waals surface area contributed by atoms with Crippen LogP contribution in [0.1, 0.15) is 18.1 Å². The molecule has 0 aliphatic heterocycles. The van der Waals surface area contributed by atoms with Crippen LogP contribution in [0.2, 0.25) is 20.1 Å². The highest BCUT2D eigenvalue weighted by Gasteiger charge is 2.26. The van der Waals surface area contributed by atoms with Gasteiger partial charge >= 0.3 is 0 Å². The minimum atomic E-state index is -0.0881. The van der Waals surface area contributed by atoms with Gasteiger partial charge in [-0.3, -0.25) is 0 Å². The Labute approximate surface area is 127 Å². The number of rotatable bonds is 2. The Morgan fingerprint density at radius 1 is 0.889 bits per heavy atom. The van der Waals surface area contributed by atoms with Crippen LogP contribution >= 0.6 is 46.4 Å². The maximum Gasteiger partial charge on any atom is 0.0643 e. The van der Waals surface area contributed by atoms with Crippen LogP contribution in [0.15, 0.2) is 24.3 Å². The van der Waals surface area contributed by atoms with Crippen molar-refractivity contribution in [3.8, 4) is 0 Å². The number of halogens is 4. The molecule has 0 saturated carbocycles. The van der Waals surface area contributed by atoms with Crippen molar-refractivity contribution in [2.24, 2.45) is 5.41 Å². The van der Waals surface area contributed by atoms with E-state index in [0.29, 0.717) is 26.5 Å². The van der Waals surface area contributed by atoms with E-state index in [0.717, 1.165) is 11.1 Å². The van der Waals surface area contributed by atoms with Crippen molar-refractivity contribution in [2.75, 3.05) is 0 Å². The molecular weight excluding hydrogens is 310 g/mol. The second kappa shape index (κ2) is 5.09. The van der Waals surface area contributed by atoms with E-state index in [9.17, 15) is 0 Å². The molecule has 1 aromatic carbocycles. The Hall–Kier alpha value is -0.140. The summed E-state index contributed by atoms with van der Waals surface area (Å²) in [5.41, 5.74) is 1.44. The van der Waals surface area contributed by atoms with Crippen LogP contribution in [-0.2, 0) is 6.42 Å². The number of allylic oxidation sites excluding steroid dienone is 4. The maximum absolute atomic E-state index is 6.29. The van der Waals surface area contributed by atoms with E-state index in [-0.39, 0.29) is 5.41 Å². The lowest BCUT2D eigenvalue weighted by molar-refractivity contribution is 0.557. The minimum Gasteiger partial charge on any atom is -0.0824 e. The van der Waals surface area contributed by atoms with Gasteiger partial charge in [-0.1, -0.05) is 77.6 Å². The zero-order valence-electron chi connectivity index (χ0n) is 10.0. The molecule has 0 fully saturated rings. The van der Waals surface area contributed by atoms with Crippen LogP contribution in [0.3, 0.4) is 0 Å². The molecule has 1 aliphatic rings. The molecule has 1 aliphatic carbocycles. The third kappa shape index (κ3) is 2.44. The first-order valence-corrected chi connectivity index (χ1v) is 7.05. The van der Waals surface area contributed by atoms with Gasteiger partial charge in [0.2, 0.25) is 0 Å². The van der Waals surface area contributed by atoms with Gasteiger partial charge in [0.05, 0.1) is 20.1 Å². The third-order valence-electron chi connectivity index (χ3n) is 3.20. The van der Waals surface area contributed by atoms with Crippen LogP contribution in [0, 0.1) is 12.3 Å². The summed E-state index contributed by atoms with van der Waals surface area (Å²) in [6, 6.07) is 0. The molecule has 18 heavy (non-hydrogen) atoms. The van der Waals surface area contributed by atoms with Crippen molar-refractivity contribution in [3.63, 3.8) is 0 Å². The van der Waals surface area contributed by atoms with E-state index in [2.05, 4.69) is 19.1 Å². The van der Waals surface area contributed by atoms with Gasteiger partial charge in [0.25, 0.3) is 0 Å². The van der Waals surface area contributed by atoms with E-state index >= 15 is 0 Å². The van der Waals surface area contributed by atoms with Crippen molar-refractivity contribution in [1.82, 2.24) is 0 Å². The quantitative estimate of drug-likeness (QED) is 0.562. The van der Waals surface area contributed by atoms with Gasteiger partial charge in [0.1, 0.15) is 0 Å². The Morgan fingerprint density at radius 2 is 1.33 bits per heavy atom. The first-order valence-electron chi connectivity index (χ1n) is 5.54. The number of benzene rings is 1. The Morgan fingerprint density at radius 3 is 1.78 bits per heavy atom. The molecule has 2 rings (SSSR count). The third-order valence-corrected chi connectivity index (χ3v) is 5.17. The van der Waals surface area contributed by atoms with Crippen molar-refractivity contribution in [1.29, 1.82) is 0 Å². The first-order chi connectivity index (χ1) is 8.36. The lowest BCUT2D eigenvalue weighted by Crippen LogP contribution is -2.12. The largest absolute Gasteiger partial charge is 0.0824 e. The summed E-state index contributed by atoms with van der Waals surface area (Å²) in [5.74, 6) is 0. The number of hydrogen-bond acceptors (Lipinski definition) is 0. The number of hydrogen-bond donors (Lipinski definition) is 0. The fourth-order valence-corrected chi connectivity index (χ4v) is 3.17. The van der Waals surface area contributed by atoms with Crippen LogP contribution < -0.4 is 0 Å². The summed E-state index contributed by atoms with van der Waals surface area (Å²) < 4.78 is 0. The summed E-state index contributed by atoms with van der Waals surface area (Å²) in [6.07, 6.45) is 8.93. The normalized spacial score (nSPS) is 16.6. The average molecular weight is 322 g/mol. The molecule has 0 amide bonds. The molecule has 0 heterocycles. The molecule has 0 nitrogen and oxygen atoms in total. The van der Waals surface area contributed by atoms with Gasteiger partial charge in [0.15, 0.2) is 0 Å². The van der Waals surface area contributed by atoms with E-state index in [4.69, 9.17) is 46.4 Å². The highest BCUT2D eigenvalue weighted by Crippen LogP contribution is 2.44. The lowest BCUT2D eigenvalue weighted by Gasteiger charge is -2.22. The Kier molecular flexibility index (Phi) is 4.04. The highest BCUT2D eigenvalue weighted by molar-refractivity contribution is 6.48. The minimum absolute atomic E-state index is 0.0881. The van der Waals surface area contributed by atoms with E-state index in [1.165, 1.54) is 0 Å². The summed E-state index contributed by atoms with van der Waals surface area (Å²) in [7, 11) is 0. The van der Waals surface area contributed by atoms with Crippen molar-refractivity contribution in [3.05, 3.63) is 55.5 Å². The monoisotopic (exact) mass is 320 g/mol. The summed E-state index contributed by atoms with van der Waals surface area (Å²) >= 11 is 24.9. The molecule has 0 unspecified atom stereocenters. The Bertz CT molecular complexity index is 514. The zero-order chi connectivity index (χ0) is 13.5. The molecule has 1 aromatic rings. The van der Waals surface area contributed by atoms with Gasteiger partial charge in [-0.25, -0.2) is 0 Å². The smallest absolute Gasteiger partial charge is 0.0643 e. The second-order valence-corrected chi connectivity index (χ2v) is 6.27. The molecule has 0 aromatic heterocycles. The second-order valence-electron chi connectivity index (χ2n) is 4.76. The van der Waals surface area contributed by atoms with Crippen LogP contribution in [0.25, 0.3) is 0 Å². The molecule has 0 radical (unpaired) electrons. The first kappa shape index (κ1) is 14.3. The molecule has 0 N–H and O–H groups in total. The predicted octanol–water partition coefficient (Wildman–Crippen LogP) is 6.28. The standard InChI is InChI=1S/C14H12Cl4/c1-8-10(15)12(17)9(13(18)11(8)16)7-14(2)5-3-4-6-14/h3-6H,7H2,1-2H3. The van der Waals surface area contributed by atoms with E-state index < -0.39 is 0 Å². The summed E-state index contributed by atoms with van der Waals surface area (Å²) in [5, 5.41) is 1.96. The van der Waals surface area contributed by atoms with Crippen LogP contribution in [0.5, 0.6) is 0 Å². The Balaban J connectivity index is 2.52. The molecule has 0 atom stereocenters. The molecule has 0 bridgehead atoms. The lowest BCUT2D eigenvalue weighted by atomic mass is 9.85. The molecule has 4 heteroatoms. The predicted molar refractivity (Wildman–Crippen MR) is 81.3 cm³/mol. The van der Waals surface area contributed by atoms with Gasteiger partial charge in [-0.15, -0.1) is 0 Å². The van der Waals surface area contributed by atoms with E-state index in [1.54, 1.807) is 0 Å². The topological polar surface area (TPSA) is 0 Å². The van der Waals surface area contributed by atoms with E-state index in [1.807, 2.05) is 19.1 Å². The fourth-order valence-electron chi connectivity index (χ4n) is 2.05. The summed E-state index contributed by atoms with van der Waals surface area (Å²) in [4.78, 5) is 0. The molecule has 0 saturated heterocycles. The van der Waals surface area contributed by atoms with Gasteiger partial charge in [-0.05, 0) is 24.5 Å². The molecule has 96 valence electrons. The van der Waals surface area contributed by atoms with Gasteiger partial charge < -0.3 is 0 Å². The maximum atomic E-state index is 6.29. The SMILES string of the molecule is Cc1c(Cl)c(Cl)c(CC2(C)C=CC=C2)c(Cl)c1Cl. The summed E-state index contributed by atoms with van der Waals surface area (Å²) in [6.45, 7) is 3.92.